The second-order valence-corrected chi connectivity index (χ2v) is 5.86. The first kappa shape index (κ1) is 18.6. The number of rotatable bonds is 5. The van der Waals surface area contributed by atoms with Crippen LogP contribution in [0.2, 0.25) is 0 Å². The van der Waals surface area contributed by atoms with Gasteiger partial charge in [-0.15, -0.1) is 0 Å². The van der Waals surface area contributed by atoms with Crippen molar-refractivity contribution in [1.82, 2.24) is 19.7 Å². The molecule has 9 heteroatoms. The molecule has 3 rings (SSSR count). The van der Waals surface area contributed by atoms with Crippen molar-refractivity contribution in [1.29, 1.82) is 0 Å². The van der Waals surface area contributed by atoms with Gasteiger partial charge >= 0.3 is 12.2 Å². The van der Waals surface area contributed by atoms with Crippen molar-refractivity contribution in [2.45, 2.75) is 19.6 Å². The quantitative estimate of drug-likeness (QED) is 0.685. The number of nitrogens with zero attached hydrogens (tertiary/aromatic N) is 4. The van der Waals surface area contributed by atoms with E-state index in [1.54, 1.807) is 0 Å². The van der Waals surface area contributed by atoms with Gasteiger partial charge in [0.15, 0.2) is 6.61 Å². The third kappa shape index (κ3) is 5.13. The van der Waals surface area contributed by atoms with E-state index in [9.17, 15) is 18.0 Å². The molecule has 6 nitrogen and oxygen atoms in total. The number of hydrogen-bond donors (Lipinski definition) is 0. The molecule has 0 unspecified atom stereocenters. The van der Waals surface area contributed by atoms with Crippen molar-refractivity contribution in [2.24, 2.45) is 0 Å². The Morgan fingerprint density at radius 2 is 1.85 bits per heavy atom. The van der Waals surface area contributed by atoms with Crippen LogP contribution in [0.4, 0.5) is 13.2 Å². The normalized spacial score (nSPS) is 11.4. The Labute approximate surface area is 152 Å². The maximum atomic E-state index is 12.1. The maximum Gasteiger partial charge on any atom is 0.422 e. The molecule has 0 N–H and O–H groups in total. The maximum absolute atomic E-state index is 12.1. The second kappa shape index (κ2) is 7.56. The lowest BCUT2D eigenvalue weighted by Crippen LogP contribution is -2.23. The molecule has 3 aromatic rings. The van der Waals surface area contributed by atoms with E-state index in [2.05, 4.69) is 19.8 Å². The highest BCUT2D eigenvalue weighted by atomic mass is 19.4. The van der Waals surface area contributed by atoms with Crippen LogP contribution in [0.1, 0.15) is 11.1 Å². The van der Waals surface area contributed by atoms with Gasteiger partial charge in [-0.3, -0.25) is 4.79 Å². The number of aromatic nitrogens is 4. The molecular formula is C18H15F3N4O2. The van der Waals surface area contributed by atoms with Gasteiger partial charge in [-0.2, -0.15) is 18.3 Å². The molecule has 0 fully saturated rings. The van der Waals surface area contributed by atoms with Gasteiger partial charge in [0.1, 0.15) is 0 Å². The molecule has 0 radical (unpaired) electrons. The molecule has 0 aliphatic carbocycles. The molecule has 1 aromatic carbocycles. The third-order valence-corrected chi connectivity index (χ3v) is 3.57. The number of halogens is 3. The van der Waals surface area contributed by atoms with E-state index in [1.165, 1.54) is 29.2 Å². The van der Waals surface area contributed by atoms with Crippen LogP contribution in [-0.4, -0.2) is 32.5 Å². The van der Waals surface area contributed by atoms with Gasteiger partial charge in [-0.1, -0.05) is 29.8 Å². The van der Waals surface area contributed by atoms with E-state index in [4.69, 9.17) is 0 Å². The zero-order chi connectivity index (χ0) is 19.4. The van der Waals surface area contributed by atoms with Crippen molar-refractivity contribution in [3.8, 4) is 17.3 Å². The van der Waals surface area contributed by atoms with E-state index < -0.39 is 12.8 Å². The summed E-state index contributed by atoms with van der Waals surface area (Å²) in [7, 11) is 0. The van der Waals surface area contributed by atoms with Gasteiger partial charge < -0.3 is 4.74 Å². The molecule has 0 amide bonds. The van der Waals surface area contributed by atoms with Crippen molar-refractivity contribution >= 4 is 0 Å². The summed E-state index contributed by atoms with van der Waals surface area (Å²) in [5, 5.41) is 4.29. The predicted octanol–water partition coefficient (Wildman–Crippen LogP) is 3.00. The highest BCUT2D eigenvalue weighted by Crippen LogP contribution is 2.18. The number of ether oxygens (including phenoxy) is 1. The molecule has 0 atom stereocenters. The fraction of sp³-hybridized carbons (Fsp3) is 0.222. The molecule has 0 spiro atoms. The smallest absolute Gasteiger partial charge is 0.422 e. The summed E-state index contributed by atoms with van der Waals surface area (Å²) in [6.45, 7) is 0.782. The number of alkyl halides is 3. The van der Waals surface area contributed by atoms with Crippen molar-refractivity contribution in [3.63, 3.8) is 0 Å². The van der Waals surface area contributed by atoms with Gasteiger partial charge in [0.2, 0.25) is 0 Å². The summed E-state index contributed by atoms with van der Waals surface area (Å²) < 4.78 is 42.2. The summed E-state index contributed by atoms with van der Waals surface area (Å²) in [6.07, 6.45) is -1.88. The highest BCUT2D eigenvalue weighted by molar-refractivity contribution is 5.55. The summed E-state index contributed by atoms with van der Waals surface area (Å²) in [5.41, 5.74) is 2.59. The van der Waals surface area contributed by atoms with E-state index in [-0.39, 0.29) is 11.6 Å². The molecule has 2 aromatic heterocycles. The first-order chi connectivity index (χ1) is 12.8. The molecular weight excluding hydrogens is 361 g/mol. The lowest BCUT2D eigenvalue weighted by atomic mass is 10.1. The van der Waals surface area contributed by atoms with Crippen LogP contribution in [0.5, 0.6) is 6.01 Å². The van der Waals surface area contributed by atoms with Gasteiger partial charge in [0.25, 0.3) is 5.56 Å². The summed E-state index contributed by atoms with van der Waals surface area (Å²) in [4.78, 5) is 19.6. The van der Waals surface area contributed by atoms with E-state index >= 15 is 0 Å². The number of aryl methyl sites for hydroxylation is 1. The van der Waals surface area contributed by atoms with Crippen LogP contribution >= 0.6 is 0 Å². The highest BCUT2D eigenvalue weighted by Gasteiger charge is 2.28. The first-order valence-electron chi connectivity index (χ1n) is 7.96. The second-order valence-electron chi connectivity index (χ2n) is 5.86. The predicted molar refractivity (Wildman–Crippen MR) is 91.4 cm³/mol. The fourth-order valence-corrected chi connectivity index (χ4v) is 2.37. The van der Waals surface area contributed by atoms with E-state index in [0.717, 1.165) is 11.1 Å². The Kier molecular flexibility index (Phi) is 5.20. The number of hydrogen-bond acceptors (Lipinski definition) is 5. The van der Waals surface area contributed by atoms with Crippen LogP contribution in [0.3, 0.4) is 0 Å². The molecule has 0 bridgehead atoms. The monoisotopic (exact) mass is 376 g/mol. The molecule has 0 aliphatic rings. The van der Waals surface area contributed by atoms with Crippen molar-refractivity contribution in [3.05, 3.63) is 70.3 Å². The van der Waals surface area contributed by atoms with Crippen LogP contribution in [-0.2, 0) is 6.54 Å². The molecule has 27 heavy (non-hydrogen) atoms. The first-order valence-corrected chi connectivity index (χ1v) is 7.96. The van der Waals surface area contributed by atoms with Crippen molar-refractivity contribution in [2.75, 3.05) is 6.61 Å². The molecule has 0 aliphatic heterocycles. The summed E-state index contributed by atoms with van der Waals surface area (Å²) in [6, 6.07) is 10.2. The molecule has 0 saturated carbocycles. The number of benzene rings is 1. The fourth-order valence-electron chi connectivity index (χ4n) is 2.37. The Morgan fingerprint density at radius 1 is 1.11 bits per heavy atom. The van der Waals surface area contributed by atoms with Crippen LogP contribution in [0, 0.1) is 6.92 Å². The van der Waals surface area contributed by atoms with Crippen LogP contribution in [0.15, 0.2) is 53.6 Å². The topological polar surface area (TPSA) is 69.9 Å². The lowest BCUT2D eigenvalue weighted by Gasteiger charge is -2.09. The summed E-state index contributed by atoms with van der Waals surface area (Å²) >= 11 is 0. The minimum Gasteiger partial charge on any atom is -0.454 e. The minimum atomic E-state index is -4.46. The largest absolute Gasteiger partial charge is 0.454 e. The van der Waals surface area contributed by atoms with Crippen LogP contribution in [0.25, 0.3) is 11.3 Å². The zero-order valence-electron chi connectivity index (χ0n) is 14.3. The molecule has 0 saturated heterocycles. The minimum absolute atomic E-state index is 0.272. The van der Waals surface area contributed by atoms with Crippen molar-refractivity contribution < 1.29 is 17.9 Å². The van der Waals surface area contributed by atoms with Gasteiger partial charge in [0, 0.05) is 24.0 Å². The summed E-state index contributed by atoms with van der Waals surface area (Å²) in [5.74, 6) is 0. The Morgan fingerprint density at radius 3 is 2.52 bits per heavy atom. The van der Waals surface area contributed by atoms with Crippen LogP contribution < -0.4 is 10.3 Å². The standard InChI is InChI=1S/C18H15F3N4O2/c1-12-3-2-4-13(7-12)10-25-16(26)6-5-15(24-25)14-8-22-17(23-9-14)27-11-18(19,20)21/h2-9H,10-11H2,1H3. The van der Waals surface area contributed by atoms with Gasteiger partial charge in [-0.05, 0) is 18.6 Å². The van der Waals surface area contributed by atoms with Gasteiger partial charge in [0.05, 0.1) is 12.2 Å². The Hall–Kier alpha value is -3.23. The van der Waals surface area contributed by atoms with Gasteiger partial charge in [-0.25, -0.2) is 14.6 Å². The Bertz CT molecular complexity index is 985. The lowest BCUT2D eigenvalue weighted by molar-refractivity contribution is -0.154. The Balaban J connectivity index is 1.80. The average Bonchev–Trinajstić information content (AvgIpc) is 2.62. The van der Waals surface area contributed by atoms with E-state index in [0.29, 0.717) is 17.8 Å². The molecule has 2 heterocycles. The average molecular weight is 376 g/mol. The SMILES string of the molecule is Cc1cccc(Cn2nc(-c3cnc(OCC(F)(F)F)nc3)ccc2=O)c1. The van der Waals surface area contributed by atoms with E-state index in [1.807, 2.05) is 31.2 Å². The molecule has 140 valence electrons. The third-order valence-electron chi connectivity index (χ3n) is 3.57. The zero-order valence-corrected chi connectivity index (χ0v) is 14.3.